The number of hydrogen-bond acceptors (Lipinski definition) is 2. The van der Waals surface area contributed by atoms with E-state index in [0.717, 1.165) is 58.0 Å². The van der Waals surface area contributed by atoms with Crippen LogP contribution in [-0.2, 0) is 4.79 Å². The van der Waals surface area contributed by atoms with E-state index in [1.54, 1.807) is 0 Å². The summed E-state index contributed by atoms with van der Waals surface area (Å²) in [6.07, 6.45) is 6.65. The SMILES string of the molecule is CCCN(CCC)C(=O)C1(C#N)CCCCC1. The predicted octanol–water partition coefficient (Wildman–Crippen LogP) is 3.11. The summed E-state index contributed by atoms with van der Waals surface area (Å²) in [5, 5.41) is 9.40. The zero-order valence-corrected chi connectivity index (χ0v) is 11.2. The topological polar surface area (TPSA) is 44.1 Å². The van der Waals surface area contributed by atoms with Crippen molar-refractivity contribution in [1.29, 1.82) is 5.26 Å². The molecule has 0 spiro atoms. The highest BCUT2D eigenvalue weighted by atomic mass is 16.2. The quantitative estimate of drug-likeness (QED) is 0.736. The first-order valence-electron chi connectivity index (χ1n) is 6.91. The molecular formula is C14H24N2O. The maximum Gasteiger partial charge on any atom is 0.243 e. The zero-order chi connectivity index (χ0) is 12.7. The average Bonchev–Trinajstić information content (AvgIpc) is 2.38. The number of nitrogens with zero attached hydrogens (tertiary/aromatic N) is 2. The van der Waals surface area contributed by atoms with Gasteiger partial charge in [-0.3, -0.25) is 4.79 Å². The van der Waals surface area contributed by atoms with Crippen LogP contribution in [0.5, 0.6) is 0 Å². The minimum atomic E-state index is -0.706. The molecule has 0 aromatic heterocycles. The second-order valence-electron chi connectivity index (χ2n) is 5.05. The van der Waals surface area contributed by atoms with Crippen LogP contribution in [0.1, 0.15) is 58.8 Å². The number of carbonyl (C=O) groups is 1. The summed E-state index contributed by atoms with van der Waals surface area (Å²) in [7, 11) is 0. The van der Waals surface area contributed by atoms with Gasteiger partial charge in [0.05, 0.1) is 6.07 Å². The summed E-state index contributed by atoms with van der Waals surface area (Å²) in [5.41, 5.74) is -0.706. The van der Waals surface area contributed by atoms with Gasteiger partial charge in [-0.1, -0.05) is 33.1 Å². The highest BCUT2D eigenvalue weighted by molar-refractivity contribution is 5.85. The van der Waals surface area contributed by atoms with Crippen molar-refractivity contribution in [2.24, 2.45) is 5.41 Å². The van der Waals surface area contributed by atoms with E-state index in [2.05, 4.69) is 19.9 Å². The third-order valence-electron chi connectivity index (χ3n) is 3.60. The van der Waals surface area contributed by atoms with Gasteiger partial charge in [-0.25, -0.2) is 0 Å². The molecule has 0 aromatic rings. The van der Waals surface area contributed by atoms with Gasteiger partial charge in [0.2, 0.25) is 5.91 Å². The molecule has 1 amide bonds. The van der Waals surface area contributed by atoms with Crippen molar-refractivity contribution in [2.75, 3.05) is 13.1 Å². The van der Waals surface area contributed by atoms with Gasteiger partial charge in [-0.15, -0.1) is 0 Å². The lowest BCUT2D eigenvalue weighted by Crippen LogP contribution is -2.45. The van der Waals surface area contributed by atoms with E-state index in [1.807, 2.05) is 4.90 Å². The Balaban J connectivity index is 2.78. The van der Waals surface area contributed by atoms with Crippen molar-refractivity contribution in [2.45, 2.75) is 58.8 Å². The van der Waals surface area contributed by atoms with Gasteiger partial charge >= 0.3 is 0 Å². The van der Waals surface area contributed by atoms with E-state index < -0.39 is 5.41 Å². The van der Waals surface area contributed by atoms with Gasteiger partial charge in [0, 0.05) is 13.1 Å². The highest BCUT2D eigenvalue weighted by Gasteiger charge is 2.41. The van der Waals surface area contributed by atoms with Crippen LogP contribution in [0.3, 0.4) is 0 Å². The first kappa shape index (κ1) is 14.0. The minimum absolute atomic E-state index is 0.0865. The Morgan fingerprint density at radius 2 is 1.71 bits per heavy atom. The fraction of sp³-hybridized carbons (Fsp3) is 0.857. The normalized spacial score (nSPS) is 18.4. The summed E-state index contributed by atoms with van der Waals surface area (Å²) in [6.45, 7) is 5.73. The lowest BCUT2D eigenvalue weighted by atomic mass is 9.74. The molecule has 0 heterocycles. The maximum absolute atomic E-state index is 12.5. The second-order valence-corrected chi connectivity index (χ2v) is 5.05. The molecule has 3 nitrogen and oxygen atoms in total. The standard InChI is InChI=1S/C14H24N2O/c1-3-10-16(11-4-2)13(17)14(12-15)8-6-5-7-9-14/h3-11H2,1-2H3. The molecule has 3 heteroatoms. The van der Waals surface area contributed by atoms with E-state index in [9.17, 15) is 10.1 Å². The van der Waals surface area contributed by atoms with Crippen LogP contribution in [0.4, 0.5) is 0 Å². The number of amides is 1. The number of nitriles is 1. The third kappa shape index (κ3) is 3.21. The van der Waals surface area contributed by atoms with E-state index in [4.69, 9.17) is 0 Å². The van der Waals surface area contributed by atoms with Gasteiger partial charge in [0.25, 0.3) is 0 Å². The first-order valence-corrected chi connectivity index (χ1v) is 6.91. The smallest absolute Gasteiger partial charge is 0.243 e. The molecule has 1 aliphatic rings. The van der Waals surface area contributed by atoms with Gasteiger partial charge in [-0.2, -0.15) is 5.26 Å². The van der Waals surface area contributed by atoms with Gasteiger partial charge in [-0.05, 0) is 25.7 Å². The molecule has 0 radical (unpaired) electrons. The zero-order valence-electron chi connectivity index (χ0n) is 11.2. The van der Waals surface area contributed by atoms with E-state index in [1.165, 1.54) is 0 Å². The van der Waals surface area contributed by atoms with Crippen molar-refractivity contribution < 1.29 is 4.79 Å². The number of hydrogen-bond donors (Lipinski definition) is 0. The molecule has 1 rings (SSSR count). The molecular weight excluding hydrogens is 212 g/mol. The van der Waals surface area contributed by atoms with E-state index >= 15 is 0 Å². The summed E-state index contributed by atoms with van der Waals surface area (Å²) in [4.78, 5) is 14.4. The average molecular weight is 236 g/mol. The van der Waals surface area contributed by atoms with Crippen molar-refractivity contribution in [3.63, 3.8) is 0 Å². The molecule has 1 saturated carbocycles. The van der Waals surface area contributed by atoms with Crippen molar-refractivity contribution in [1.82, 2.24) is 4.90 Å². The van der Waals surface area contributed by atoms with Crippen LogP contribution in [-0.4, -0.2) is 23.9 Å². The summed E-state index contributed by atoms with van der Waals surface area (Å²) < 4.78 is 0. The Hall–Kier alpha value is -1.04. The Kier molecular flexibility index (Phi) is 5.47. The highest BCUT2D eigenvalue weighted by Crippen LogP contribution is 2.37. The monoisotopic (exact) mass is 236 g/mol. The van der Waals surface area contributed by atoms with Crippen LogP contribution < -0.4 is 0 Å². The van der Waals surface area contributed by atoms with Crippen LogP contribution in [0.25, 0.3) is 0 Å². The van der Waals surface area contributed by atoms with Gasteiger partial charge < -0.3 is 4.90 Å². The number of carbonyl (C=O) groups excluding carboxylic acids is 1. The molecule has 1 fully saturated rings. The Labute approximate surface area is 105 Å². The Morgan fingerprint density at radius 1 is 1.18 bits per heavy atom. The summed E-state index contributed by atoms with van der Waals surface area (Å²) >= 11 is 0. The lowest BCUT2D eigenvalue weighted by molar-refractivity contribution is -0.140. The van der Waals surface area contributed by atoms with Crippen LogP contribution in [0, 0.1) is 16.7 Å². The fourth-order valence-electron chi connectivity index (χ4n) is 2.69. The van der Waals surface area contributed by atoms with E-state index in [-0.39, 0.29) is 5.91 Å². The molecule has 17 heavy (non-hydrogen) atoms. The molecule has 0 aromatic carbocycles. The molecule has 0 atom stereocenters. The fourth-order valence-corrected chi connectivity index (χ4v) is 2.69. The molecule has 0 N–H and O–H groups in total. The Bertz CT molecular complexity index is 281. The van der Waals surface area contributed by atoms with Crippen molar-refractivity contribution >= 4 is 5.91 Å². The molecule has 0 unspecified atom stereocenters. The molecule has 0 bridgehead atoms. The summed E-state index contributed by atoms with van der Waals surface area (Å²) in [6, 6.07) is 2.32. The van der Waals surface area contributed by atoms with Crippen molar-refractivity contribution in [3.8, 4) is 6.07 Å². The molecule has 1 aliphatic carbocycles. The van der Waals surface area contributed by atoms with Crippen LogP contribution in [0.2, 0.25) is 0 Å². The minimum Gasteiger partial charge on any atom is -0.341 e. The third-order valence-corrected chi connectivity index (χ3v) is 3.60. The lowest BCUT2D eigenvalue weighted by Gasteiger charge is -2.34. The number of rotatable bonds is 5. The van der Waals surface area contributed by atoms with Crippen LogP contribution >= 0.6 is 0 Å². The molecule has 0 saturated heterocycles. The molecule has 0 aliphatic heterocycles. The largest absolute Gasteiger partial charge is 0.341 e. The van der Waals surface area contributed by atoms with Gasteiger partial charge in [0.15, 0.2) is 0 Å². The van der Waals surface area contributed by atoms with Crippen LogP contribution in [0.15, 0.2) is 0 Å². The van der Waals surface area contributed by atoms with E-state index in [0.29, 0.717) is 0 Å². The van der Waals surface area contributed by atoms with Gasteiger partial charge in [0.1, 0.15) is 5.41 Å². The summed E-state index contributed by atoms with van der Waals surface area (Å²) in [5.74, 6) is 0.0865. The first-order chi connectivity index (χ1) is 8.20. The second kappa shape index (κ2) is 6.64. The Morgan fingerprint density at radius 3 is 2.12 bits per heavy atom. The van der Waals surface area contributed by atoms with Crippen molar-refractivity contribution in [3.05, 3.63) is 0 Å². The predicted molar refractivity (Wildman–Crippen MR) is 68.3 cm³/mol. The molecule has 96 valence electrons. The maximum atomic E-state index is 12.5.